The van der Waals surface area contributed by atoms with Crippen LogP contribution in [0.1, 0.15) is 32.1 Å². The number of imide groups is 1. The van der Waals surface area contributed by atoms with Gasteiger partial charge in [-0.05, 0) is 12.8 Å². The second-order valence-corrected chi connectivity index (χ2v) is 4.66. The minimum absolute atomic E-state index is 0.0104. The van der Waals surface area contributed by atoms with Gasteiger partial charge in [0.25, 0.3) is 11.8 Å². The molecule has 2 amide bonds. The van der Waals surface area contributed by atoms with Gasteiger partial charge in [-0.15, -0.1) is 0 Å². The van der Waals surface area contributed by atoms with Crippen molar-refractivity contribution in [1.29, 1.82) is 0 Å². The standard InChI is InChI=1S/C10H11Cl2NO2/c11-7-8(12)10(15)13(9(7)14)6-4-2-1-3-5-6/h6H,1-5H2. The Kier molecular flexibility index (Phi) is 3.03. The fraction of sp³-hybridized carbons (Fsp3) is 0.600. The summed E-state index contributed by atoms with van der Waals surface area (Å²) in [4.78, 5) is 24.5. The van der Waals surface area contributed by atoms with Crippen molar-refractivity contribution in [2.45, 2.75) is 38.1 Å². The monoisotopic (exact) mass is 247 g/mol. The largest absolute Gasteiger partial charge is 0.274 e. The highest BCUT2D eigenvalue weighted by Gasteiger charge is 2.41. The summed E-state index contributed by atoms with van der Waals surface area (Å²) >= 11 is 11.3. The van der Waals surface area contributed by atoms with Crippen molar-refractivity contribution >= 4 is 35.0 Å². The van der Waals surface area contributed by atoms with Gasteiger partial charge in [0, 0.05) is 6.04 Å². The van der Waals surface area contributed by atoms with Crippen molar-refractivity contribution in [2.75, 3.05) is 0 Å². The number of amides is 2. The van der Waals surface area contributed by atoms with Gasteiger partial charge in [0.2, 0.25) is 0 Å². The Morgan fingerprint density at radius 2 is 1.40 bits per heavy atom. The van der Waals surface area contributed by atoms with Gasteiger partial charge in [-0.3, -0.25) is 14.5 Å². The first-order valence-corrected chi connectivity index (χ1v) is 5.81. The molecule has 0 N–H and O–H groups in total. The molecule has 2 aliphatic rings. The smallest absolute Gasteiger partial charge is 0.270 e. The van der Waals surface area contributed by atoms with E-state index in [0.717, 1.165) is 25.7 Å². The zero-order valence-electron chi connectivity index (χ0n) is 8.13. The summed E-state index contributed by atoms with van der Waals surface area (Å²) in [5, 5.41) is -0.264. The lowest BCUT2D eigenvalue weighted by atomic mass is 9.94. The normalized spacial score (nSPS) is 24.3. The predicted octanol–water partition coefficient (Wildman–Crippen LogP) is 2.38. The number of nitrogens with zero attached hydrogens (tertiary/aromatic N) is 1. The molecular weight excluding hydrogens is 237 g/mol. The summed E-state index contributed by atoms with van der Waals surface area (Å²) in [6.07, 6.45) is 5.01. The minimum Gasteiger partial charge on any atom is -0.270 e. The predicted molar refractivity (Wildman–Crippen MR) is 57.5 cm³/mol. The van der Waals surface area contributed by atoms with Gasteiger partial charge < -0.3 is 0 Å². The zero-order chi connectivity index (χ0) is 11.0. The fourth-order valence-electron chi connectivity index (χ4n) is 2.16. The van der Waals surface area contributed by atoms with E-state index >= 15 is 0 Å². The number of rotatable bonds is 1. The number of carbonyl (C=O) groups excluding carboxylic acids is 2. The molecule has 2 rings (SSSR count). The van der Waals surface area contributed by atoms with Gasteiger partial charge in [-0.25, -0.2) is 0 Å². The van der Waals surface area contributed by atoms with Crippen molar-refractivity contribution in [3.05, 3.63) is 10.1 Å². The van der Waals surface area contributed by atoms with Gasteiger partial charge in [-0.2, -0.15) is 0 Å². The average Bonchev–Trinajstić information content (AvgIpc) is 2.45. The van der Waals surface area contributed by atoms with Crippen LogP contribution in [-0.2, 0) is 9.59 Å². The van der Waals surface area contributed by atoms with Crippen molar-refractivity contribution in [3.63, 3.8) is 0 Å². The van der Waals surface area contributed by atoms with Crippen LogP contribution in [0.4, 0.5) is 0 Å². The first kappa shape index (κ1) is 11.0. The van der Waals surface area contributed by atoms with Gasteiger partial charge in [0.05, 0.1) is 0 Å². The molecule has 0 aromatic rings. The van der Waals surface area contributed by atoms with E-state index in [4.69, 9.17) is 23.2 Å². The average molecular weight is 248 g/mol. The highest BCUT2D eigenvalue weighted by Crippen LogP contribution is 2.32. The Bertz CT molecular complexity index is 321. The molecule has 1 heterocycles. The molecule has 0 spiro atoms. The third-order valence-corrected chi connectivity index (χ3v) is 3.74. The summed E-state index contributed by atoms with van der Waals surface area (Å²) in [6, 6.07) is -0.0104. The molecule has 0 radical (unpaired) electrons. The van der Waals surface area contributed by atoms with E-state index in [1.807, 2.05) is 0 Å². The summed E-state index contributed by atoms with van der Waals surface area (Å²) < 4.78 is 0. The van der Waals surface area contributed by atoms with E-state index in [1.165, 1.54) is 11.3 Å². The fourth-order valence-corrected chi connectivity index (χ4v) is 2.51. The number of carbonyl (C=O) groups is 2. The van der Waals surface area contributed by atoms with E-state index < -0.39 is 11.8 Å². The maximum Gasteiger partial charge on any atom is 0.274 e. The second-order valence-electron chi connectivity index (χ2n) is 3.90. The topological polar surface area (TPSA) is 37.4 Å². The van der Waals surface area contributed by atoms with E-state index in [1.54, 1.807) is 0 Å². The van der Waals surface area contributed by atoms with E-state index in [0.29, 0.717) is 0 Å². The molecule has 1 fully saturated rings. The maximum absolute atomic E-state index is 11.7. The Balaban J connectivity index is 2.18. The highest BCUT2D eigenvalue weighted by molar-refractivity contribution is 6.58. The Labute approximate surface area is 98.0 Å². The van der Waals surface area contributed by atoms with Crippen LogP contribution >= 0.6 is 23.2 Å². The van der Waals surface area contributed by atoms with Gasteiger partial charge in [0.15, 0.2) is 0 Å². The SMILES string of the molecule is O=C1C(Cl)=C(Cl)C(=O)N1C1CCCCC1. The van der Waals surface area contributed by atoms with E-state index in [2.05, 4.69) is 0 Å². The Morgan fingerprint density at radius 3 is 1.87 bits per heavy atom. The lowest BCUT2D eigenvalue weighted by Gasteiger charge is -2.29. The molecule has 1 saturated carbocycles. The third-order valence-electron chi connectivity index (χ3n) is 2.95. The van der Waals surface area contributed by atoms with Crippen LogP contribution in [0.25, 0.3) is 0 Å². The molecule has 5 heteroatoms. The van der Waals surface area contributed by atoms with E-state index in [9.17, 15) is 9.59 Å². The lowest BCUT2D eigenvalue weighted by Crippen LogP contribution is -2.41. The lowest BCUT2D eigenvalue weighted by molar-refractivity contribution is -0.140. The summed E-state index contributed by atoms with van der Waals surface area (Å²) in [5.74, 6) is -0.864. The van der Waals surface area contributed by atoms with Gasteiger partial charge in [-0.1, -0.05) is 42.5 Å². The molecule has 15 heavy (non-hydrogen) atoms. The van der Waals surface area contributed by atoms with Crippen LogP contribution in [0, 0.1) is 0 Å². The van der Waals surface area contributed by atoms with Crippen molar-refractivity contribution in [2.24, 2.45) is 0 Å². The Hall–Kier alpha value is -0.540. The maximum atomic E-state index is 11.7. The van der Waals surface area contributed by atoms with Crippen molar-refractivity contribution in [3.8, 4) is 0 Å². The molecule has 0 unspecified atom stereocenters. The van der Waals surface area contributed by atoms with Crippen LogP contribution in [-0.4, -0.2) is 22.8 Å². The van der Waals surface area contributed by atoms with Gasteiger partial charge in [0.1, 0.15) is 10.1 Å². The zero-order valence-corrected chi connectivity index (χ0v) is 9.64. The third kappa shape index (κ3) is 1.79. The van der Waals surface area contributed by atoms with E-state index in [-0.39, 0.29) is 16.1 Å². The van der Waals surface area contributed by atoms with Gasteiger partial charge >= 0.3 is 0 Å². The molecule has 0 saturated heterocycles. The molecule has 0 aromatic heterocycles. The molecule has 0 bridgehead atoms. The molecular formula is C10H11Cl2NO2. The van der Waals surface area contributed by atoms with Crippen molar-refractivity contribution in [1.82, 2.24) is 4.90 Å². The van der Waals surface area contributed by atoms with Crippen LogP contribution in [0.2, 0.25) is 0 Å². The molecule has 0 atom stereocenters. The molecule has 82 valence electrons. The molecule has 1 aliphatic heterocycles. The van der Waals surface area contributed by atoms with Crippen LogP contribution in [0.3, 0.4) is 0 Å². The van der Waals surface area contributed by atoms with Crippen LogP contribution < -0.4 is 0 Å². The summed E-state index contributed by atoms with van der Waals surface area (Å²) in [7, 11) is 0. The number of halogens is 2. The first-order chi connectivity index (χ1) is 7.13. The summed E-state index contributed by atoms with van der Waals surface area (Å²) in [6.45, 7) is 0. The van der Waals surface area contributed by atoms with Crippen LogP contribution in [0.5, 0.6) is 0 Å². The quantitative estimate of drug-likeness (QED) is 0.668. The molecule has 1 aliphatic carbocycles. The Morgan fingerprint density at radius 1 is 0.933 bits per heavy atom. The summed E-state index contributed by atoms with van der Waals surface area (Å²) in [5.41, 5.74) is 0. The molecule has 0 aromatic carbocycles. The second kappa shape index (κ2) is 4.14. The highest BCUT2D eigenvalue weighted by atomic mass is 35.5. The number of hydrogen-bond donors (Lipinski definition) is 0. The minimum atomic E-state index is -0.432. The number of hydrogen-bond acceptors (Lipinski definition) is 2. The van der Waals surface area contributed by atoms with Crippen molar-refractivity contribution < 1.29 is 9.59 Å². The van der Waals surface area contributed by atoms with Crippen LogP contribution in [0.15, 0.2) is 10.1 Å². The first-order valence-electron chi connectivity index (χ1n) is 5.06. The molecule has 3 nitrogen and oxygen atoms in total.